The molecular formula is C17H16N4O5. The van der Waals surface area contributed by atoms with Crippen LogP contribution in [0.25, 0.3) is 0 Å². The molecule has 0 spiro atoms. The number of nitro groups is 1. The van der Waals surface area contributed by atoms with Crippen LogP contribution in [0.3, 0.4) is 0 Å². The standard InChI is InChI=1S/C17H16N4O5/c22-16(19-18-11-14-3-2-10-26-14)15-4-1-9-20(15)17(23)12-5-7-13(8-6-12)21(24)25/h2-3,5-8,10-11,15H,1,4,9H2,(H,19,22)/b18-11+. The van der Waals surface area contributed by atoms with E-state index in [0.717, 1.165) is 0 Å². The van der Waals surface area contributed by atoms with E-state index in [2.05, 4.69) is 10.5 Å². The molecule has 1 atom stereocenters. The molecule has 1 fully saturated rings. The molecule has 2 heterocycles. The molecule has 9 nitrogen and oxygen atoms in total. The van der Waals surface area contributed by atoms with Crippen molar-refractivity contribution in [2.45, 2.75) is 18.9 Å². The zero-order valence-corrected chi connectivity index (χ0v) is 13.7. The summed E-state index contributed by atoms with van der Waals surface area (Å²) in [6.45, 7) is 0.440. The second-order valence-corrected chi connectivity index (χ2v) is 5.71. The topological polar surface area (TPSA) is 118 Å². The number of nitro benzene ring substituents is 1. The fourth-order valence-corrected chi connectivity index (χ4v) is 2.77. The number of carbonyl (C=O) groups excluding carboxylic acids is 2. The summed E-state index contributed by atoms with van der Waals surface area (Å²) in [6, 6.07) is 8.08. The number of amides is 2. The number of benzene rings is 1. The predicted octanol–water partition coefficient (Wildman–Crippen LogP) is 1.94. The monoisotopic (exact) mass is 356 g/mol. The lowest BCUT2D eigenvalue weighted by atomic mass is 10.1. The molecule has 0 aliphatic carbocycles. The molecule has 1 N–H and O–H groups in total. The van der Waals surface area contributed by atoms with Gasteiger partial charge in [-0.25, -0.2) is 5.43 Å². The number of hydrazone groups is 1. The van der Waals surface area contributed by atoms with Gasteiger partial charge in [0.05, 0.1) is 17.4 Å². The fourth-order valence-electron chi connectivity index (χ4n) is 2.77. The number of rotatable bonds is 5. The first-order valence-corrected chi connectivity index (χ1v) is 7.98. The van der Waals surface area contributed by atoms with Gasteiger partial charge in [0, 0.05) is 24.2 Å². The molecule has 1 aromatic carbocycles. The summed E-state index contributed by atoms with van der Waals surface area (Å²) in [6.07, 6.45) is 4.08. The number of nitrogens with one attached hydrogen (secondary N) is 1. The van der Waals surface area contributed by atoms with Crippen LogP contribution in [0.2, 0.25) is 0 Å². The van der Waals surface area contributed by atoms with E-state index in [1.54, 1.807) is 12.1 Å². The quantitative estimate of drug-likeness (QED) is 0.499. The van der Waals surface area contributed by atoms with Crippen molar-refractivity contribution in [3.63, 3.8) is 0 Å². The number of furan rings is 1. The number of nitrogens with zero attached hydrogens (tertiary/aromatic N) is 3. The molecule has 0 bridgehead atoms. The third-order valence-electron chi connectivity index (χ3n) is 4.05. The molecule has 0 saturated carbocycles. The molecule has 1 aliphatic rings. The lowest BCUT2D eigenvalue weighted by Crippen LogP contribution is -2.44. The lowest BCUT2D eigenvalue weighted by molar-refractivity contribution is -0.384. The smallest absolute Gasteiger partial charge is 0.269 e. The van der Waals surface area contributed by atoms with Crippen LogP contribution in [0.4, 0.5) is 5.69 Å². The van der Waals surface area contributed by atoms with E-state index in [1.807, 2.05) is 0 Å². The van der Waals surface area contributed by atoms with E-state index in [-0.39, 0.29) is 17.5 Å². The number of non-ortho nitro benzene ring substituents is 1. The Kier molecular flexibility index (Phi) is 5.07. The molecule has 9 heteroatoms. The van der Waals surface area contributed by atoms with Gasteiger partial charge in [-0.2, -0.15) is 5.10 Å². The van der Waals surface area contributed by atoms with Gasteiger partial charge in [-0.05, 0) is 37.1 Å². The number of carbonyl (C=O) groups is 2. The van der Waals surface area contributed by atoms with Crippen LogP contribution in [0, 0.1) is 10.1 Å². The maximum absolute atomic E-state index is 12.6. The molecular weight excluding hydrogens is 340 g/mol. The van der Waals surface area contributed by atoms with Crippen molar-refractivity contribution in [3.8, 4) is 0 Å². The minimum absolute atomic E-state index is 0.0930. The van der Waals surface area contributed by atoms with Crippen molar-refractivity contribution >= 4 is 23.7 Å². The highest BCUT2D eigenvalue weighted by Crippen LogP contribution is 2.21. The Hall–Kier alpha value is -3.49. The Morgan fingerprint density at radius 1 is 1.31 bits per heavy atom. The maximum atomic E-state index is 12.6. The Labute approximate surface area is 148 Å². The third-order valence-corrected chi connectivity index (χ3v) is 4.05. The molecule has 1 unspecified atom stereocenters. The van der Waals surface area contributed by atoms with Gasteiger partial charge in [0.2, 0.25) is 0 Å². The molecule has 3 rings (SSSR count). The van der Waals surface area contributed by atoms with Gasteiger partial charge in [-0.1, -0.05) is 0 Å². The zero-order valence-electron chi connectivity index (χ0n) is 13.7. The van der Waals surface area contributed by atoms with Crippen LogP contribution < -0.4 is 5.43 Å². The van der Waals surface area contributed by atoms with Crippen LogP contribution in [0.15, 0.2) is 52.2 Å². The van der Waals surface area contributed by atoms with Gasteiger partial charge in [0.25, 0.3) is 17.5 Å². The molecule has 26 heavy (non-hydrogen) atoms. The Balaban J connectivity index is 1.65. The van der Waals surface area contributed by atoms with Gasteiger partial charge in [0.1, 0.15) is 11.8 Å². The summed E-state index contributed by atoms with van der Waals surface area (Å²) >= 11 is 0. The summed E-state index contributed by atoms with van der Waals surface area (Å²) < 4.78 is 5.07. The summed E-state index contributed by atoms with van der Waals surface area (Å²) in [7, 11) is 0. The summed E-state index contributed by atoms with van der Waals surface area (Å²) in [5.41, 5.74) is 2.62. The van der Waals surface area contributed by atoms with E-state index in [9.17, 15) is 19.7 Å². The highest BCUT2D eigenvalue weighted by atomic mass is 16.6. The number of hydrogen-bond donors (Lipinski definition) is 1. The van der Waals surface area contributed by atoms with Crippen molar-refractivity contribution in [1.29, 1.82) is 0 Å². The first-order valence-electron chi connectivity index (χ1n) is 7.98. The van der Waals surface area contributed by atoms with Crippen LogP contribution >= 0.6 is 0 Å². The van der Waals surface area contributed by atoms with Crippen LogP contribution in [-0.4, -0.2) is 40.4 Å². The highest BCUT2D eigenvalue weighted by Gasteiger charge is 2.34. The minimum Gasteiger partial charge on any atom is -0.463 e. The van der Waals surface area contributed by atoms with Crippen molar-refractivity contribution in [3.05, 3.63) is 64.1 Å². The van der Waals surface area contributed by atoms with Gasteiger partial charge >= 0.3 is 0 Å². The molecule has 134 valence electrons. The molecule has 0 radical (unpaired) electrons. The first-order chi connectivity index (χ1) is 12.6. The minimum atomic E-state index is -0.633. The Morgan fingerprint density at radius 2 is 2.08 bits per heavy atom. The van der Waals surface area contributed by atoms with Gasteiger partial charge in [-0.15, -0.1) is 0 Å². The van der Waals surface area contributed by atoms with E-state index in [1.165, 1.54) is 41.6 Å². The molecule has 2 amide bonds. The molecule has 1 aliphatic heterocycles. The Morgan fingerprint density at radius 3 is 2.73 bits per heavy atom. The number of likely N-dealkylation sites (tertiary alicyclic amines) is 1. The van der Waals surface area contributed by atoms with Crippen molar-refractivity contribution < 1.29 is 18.9 Å². The average molecular weight is 356 g/mol. The zero-order chi connectivity index (χ0) is 18.5. The van der Waals surface area contributed by atoms with Gasteiger partial charge in [-0.3, -0.25) is 19.7 Å². The first kappa shape index (κ1) is 17.3. The van der Waals surface area contributed by atoms with Crippen LogP contribution in [-0.2, 0) is 4.79 Å². The third kappa shape index (κ3) is 3.77. The summed E-state index contributed by atoms with van der Waals surface area (Å²) in [5.74, 6) is -0.233. The SMILES string of the molecule is O=C(N/N=C/c1ccco1)C1CCCN1C(=O)c1ccc([N+](=O)[O-])cc1. The Bertz CT molecular complexity index is 829. The van der Waals surface area contributed by atoms with Crippen molar-refractivity contribution in [2.75, 3.05) is 6.54 Å². The predicted molar refractivity (Wildman–Crippen MR) is 91.6 cm³/mol. The van der Waals surface area contributed by atoms with E-state index >= 15 is 0 Å². The second-order valence-electron chi connectivity index (χ2n) is 5.71. The summed E-state index contributed by atoms with van der Waals surface area (Å²) in [5, 5.41) is 14.5. The normalized spacial score (nSPS) is 16.8. The lowest BCUT2D eigenvalue weighted by Gasteiger charge is -2.23. The fraction of sp³-hybridized carbons (Fsp3) is 0.235. The largest absolute Gasteiger partial charge is 0.463 e. The van der Waals surface area contributed by atoms with Gasteiger partial charge in [0.15, 0.2) is 0 Å². The summed E-state index contributed by atoms with van der Waals surface area (Å²) in [4.78, 5) is 36.6. The average Bonchev–Trinajstić information content (AvgIpc) is 3.33. The molecule has 2 aromatic rings. The highest BCUT2D eigenvalue weighted by molar-refractivity contribution is 5.98. The van der Waals surface area contributed by atoms with E-state index < -0.39 is 11.0 Å². The molecule has 1 aromatic heterocycles. The van der Waals surface area contributed by atoms with E-state index in [0.29, 0.717) is 30.7 Å². The van der Waals surface area contributed by atoms with Crippen LogP contribution in [0.5, 0.6) is 0 Å². The molecule has 1 saturated heterocycles. The second kappa shape index (κ2) is 7.60. The van der Waals surface area contributed by atoms with E-state index in [4.69, 9.17) is 4.42 Å². The maximum Gasteiger partial charge on any atom is 0.269 e. The number of hydrogen-bond acceptors (Lipinski definition) is 6. The van der Waals surface area contributed by atoms with Gasteiger partial charge < -0.3 is 9.32 Å². The van der Waals surface area contributed by atoms with Crippen molar-refractivity contribution in [1.82, 2.24) is 10.3 Å². The van der Waals surface area contributed by atoms with Crippen LogP contribution in [0.1, 0.15) is 29.0 Å². The van der Waals surface area contributed by atoms with Crippen molar-refractivity contribution in [2.24, 2.45) is 5.10 Å².